The number of nitrogens with two attached hydrogens (primary N) is 1. The van der Waals surface area contributed by atoms with Crippen molar-refractivity contribution >= 4 is 35.7 Å². The van der Waals surface area contributed by atoms with Crippen molar-refractivity contribution in [3.63, 3.8) is 0 Å². The third-order valence-electron chi connectivity index (χ3n) is 3.72. The van der Waals surface area contributed by atoms with Crippen molar-refractivity contribution in [3.05, 3.63) is 24.3 Å². The number of amides is 3. The zero-order valence-electron chi connectivity index (χ0n) is 12.0. The number of halogens is 1. The lowest BCUT2D eigenvalue weighted by molar-refractivity contribution is -0.125. The Kier molecular flexibility index (Phi) is 5.23. The summed E-state index contributed by atoms with van der Waals surface area (Å²) in [5, 5.41) is 2.82. The summed E-state index contributed by atoms with van der Waals surface area (Å²) in [7, 11) is 0. The zero-order valence-corrected chi connectivity index (χ0v) is 12.8. The number of carbonyl (C=O) groups is 2. The zero-order chi connectivity index (χ0) is 14.8. The highest BCUT2D eigenvalue weighted by Gasteiger charge is 2.29. The number of hydrogen-bond acceptors (Lipinski definition) is 4. The third kappa shape index (κ3) is 3.16. The Labute approximate surface area is 134 Å². The largest absolute Gasteiger partial charge is 0.370 e. The van der Waals surface area contributed by atoms with Crippen molar-refractivity contribution in [1.82, 2.24) is 5.32 Å². The van der Waals surface area contributed by atoms with Gasteiger partial charge in [-0.1, -0.05) is 0 Å². The molecule has 3 amide bonds. The van der Waals surface area contributed by atoms with E-state index in [0.717, 1.165) is 11.4 Å². The minimum absolute atomic E-state index is 0. The van der Waals surface area contributed by atoms with Gasteiger partial charge in [-0.25, -0.2) is 4.79 Å². The van der Waals surface area contributed by atoms with E-state index in [9.17, 15) is 9.59 Å². The molecule has 2 saturated heterocycles. The van der Waals surface area contributed by atoms with Crippen LogP contribution in [-0.4, -0.2) is 50.8 Å². The third-order valence-corrected chi connectivity index (χ3v) is 3.72. The molecule has 1 aromatic rings. The van der Waals surface area contributed by atoms with E-state index in [4.69, 9.17) is 10.5 Å². The average Bonchev–Trinajstić information content (AvgIpc) is 2.89. The Morgan fingerprint density at radius 1 is 1.18 bits per heavy atom. The Hall–Kier alpha value is -1.83. The highest BCUT2D eigenvalue weighted by Crippen LogP contribution is 2.23. The molecule has 1 aromatic carbocycles. The van der Waals surface area contributed by atoms with Crippen LogP contribution in [0.5, 0.6) is 0 Å². The quantitative estimate of drug-likeness (QED) is 0.838. The maximum absolute atomic E-state index is 11.9. The van der Waals surface area contributed by atoms with Crippen LogP contribution in [0.2, 0.25) is 0 Å². The van der Waals surface area contributed by atoms with Gasteiger partial charge < -0.3 is 20.7 Å². The molecule has 2 heterocycles. The highest BCUT2D eigenvalue weighted by molar-refractivity contribution is 5.97. The molecule has 0 bridgehead atoms. The van der Waals surface area contributed by atoms with Crippen LogP contribution in [0.4, 0.5) is 16.2 Å². The van der Waals surface area contributed by atoms with Gasteiger partial charge in [-0.15, -0.1) is 12.4 Å². The fourth-order valence-corrected chi connectivity index (χ4v) is 2.56. The van der Waals surface area contributed by atoms with Crippen LogP contribution in [-0.2, 0) is 9.53 Å². The van der Waals surface area contributed by atoms with Gasteiger partial charge in [-0.3, -0.25) is 9.69 Å². The van der Waals surface area contributed by atoms with Crippen LogP contribution in [0.25, 0.3) is 0 Å². The van der Waals surface area contributed by atoms with E-state index < -0.39 is 0 Å². The first-order valence-electron chi connectivity index (χ1n) is 6.95. The van der Waals surface area contributed by atoms with E-state index >= 15 is 0 Å². The van der Waals surface area contributed by atoms with Gasteiger partial charge in [-0.2, -0.15) is 0 Å². The van der Waals surface area contributed by atoms with Gasteiger partial charge in [0, 0.05) is 31.0 Å². The summed E-state index contributed by atoms with van der Waals surface area (Å²) in [6.07, 6.45) is 0. The molecule has 0 radical (unpaired) electrons. The van der Waals surface area contributed by atoms with Crippen LogP contribution in [0, 0.1) is 0 Å². The van der Waals surface area contributed by atoms with E-state index in [1.165, 1.54) is 0 Å². The van der Waals surface area contributed by atoms with E-state index in [0.29, 0.717) is 26.2 Å². The summed E-state index contributed by atoms with van der Waals surface area (Å²) in [5.74, 6) is -0.0453. The second-order valence-electron chi connectivity index (χ2n) is 5.11. The van der Waals surface area contributed by atoms with Crippen LogP contribution in [0.1, 0.15) is 0 Å². The van der Waals surface area contributed by atoms with Crippen molar-refractivity contribution in [3.8, 4) is 0 Å². The van der Waals surface area contributed by atoms with E-state index in [2.05, 4.69) is 5.32 Å². The molecule has 0 aromatic heterocycles. The number of nitrogens with zero attached hydrogens (tertiary/aromatic N) is 2. The molecule has 3 N–H and O–H groups in total. The van der Waals surface area contributed by atoms with Crippen molar-refractivity contribution in [1.29, 1.82) is 0 Å². The number of anilines is 2. The Bertz CT molecular complexity index is 552. The molecular weight excluding hydrogens is 308 g/mol. The van der Waals surface area contributed by atoms with Gasteiger partial charge in [-0.05, 0) is 24.3 Å². The molecule has 2 fully saturated rings. The standard InChI is InChI=1S/C14H18N4O3.ClH/c15-7-10-8-18(14(20)16-10)12-3-1-11(2-4-12)17-5-6-21-9-13(17)19;/h1-4,10H,5-9,15H2,(H,16,20);1H/t10-;/m0./s1. The maximum Gasteiger partial charge on any atom is 0.322 e. The molecule has 7 nitrogen and oxygen atoms in total. The summed E-state index contributed by atoms with van der Waals surface area (Å²) in [4.78, 5) is 27.0. The van der Waals surface area contributed by atoms with Crippen molar-refractivity contribution in [2.75, 3.05) is 42.6 Å². The number of carbonyl (C=O) groups excluding carboxylic acids is 2. The lowest BCUT2D eigenvalue weighted by Crippen LogP contribution is -2.41. The Morgan fingerprint density at radius 2 is 1.82 bits per heavy atom. The van der Waals surface area contributed by atoms with Crippen molar-refractivity contribution in [2.24, 2.45) is 5.73 Å². The SMILES string of the molecule is Cl.NC[C@H]1CN(c2ccc(N3CCOCC3=O)cc2)C(=O)N1. The molecule has 2 aliphatic heterocycles. The molecule has 120 valence electrons. The number of morpholine rings is 1. The Morgan fingerprint density at radius 3 is 2.36 bits per heavy atom. The molecule has 0 spiro atoms. The van der Waals surface area contributed by atoms with Crippen LogP contribution in [0.15, 0.2) is 24.3 Å². The smallest absolute Gasteiger partial charge is 0.322 e. The monoisotopic (exact) mass is 326 g/mol. The number of ether oxygens (including phenoxy) is 1. The molecule has 0 saturated carbocycles. The van der Waals surface area contributed by atoms with Gasteiger partial charge >= 0.3 is 6.03 Å². The second-order valence-corrected chi connectivity index (χ2v) is 5.11. The average molecular weight is 327 g/mol. The molecule has 0 aliphatic carbocycles. The van der Waals surface area contributed by atoms with E-state index in [-0.39, 0.29) is 37.0 Å². The van der Waals surface area contributed by atoms with Gasteiger partial charge in [0.2, 0.25) is 0 Å². The predicted molar refractivity (Wildman–Crippen MR) is 85.6 cm³/mol. The fraction of sp³-hybridized carbons (Fsp3) is 0.429. The Balaban J connectivity index is 0.00000176. The van der Waals surface area contributed by atoms with Gasteiger partial charge in [0.25, 0.3) is 5.91 Å². The van der Waals surface area contributed by atoms with Crippen LogP contribution < -0.4 is 20.9 Å². The van der Waals surface area contributed by atoms with Gasteiger partial charge in [0.15, 0.2) is 0 Å². The lowest BCUT2D eigenvalue weighted by atomic mass is 10.2. The van der Waals surface area contributed by atoms with E-state index in [1.807, 2.05) is 24.3 Å². The number of hydrogen-bond donors (Lipinski definition) is 2. The molecule has 0 unspecified atom stereocenters. The van der Waals surface area contributed by atoms with Crippen molar-refractivity contribution in [2.45, 2.75) is 6.04 Å². The number of nitrogens with one attached hydrogen (secondary N) is 1. The first-order chi connectivity index (χ1) is 10.2. The van der Waals surface area contributed by atoms with E-state index in [1.54, 1.807) is 9.80 Å². The molecule has 1 atom stereocenters. The fourth-order valence-electron chi connectivity index (χ4n) is 2.56. The molecule has 22 heavy (non-hydrogen) atoms. The summed E-state index contributed by atoms with van der Waals surface area (Å²) >= 11 is 0. The first kappa shape index (κ1) is 16.5. The summed E-state index contributed by atoms with van der Waals surface area (Å²) in [6.45, 7) is 2.19. The van der Waals surface area contributed by atoms with Crippen LogP contribution in [0.3, 0.4) is 0 Å². The molecule has 2 aliphatic rings. The summed E-state index contributed by atoms with van der Waals surface area (Å²) in [6, 6.07) is 7.23. The minimum Gasteiger partial charge on any atom is -0.370 e. The maximum atomic E-state index is 11.9. The minimum atomic E-state index is -0.138. The highest BCUT2D eigenvalue weighted by atomic mass is 35.5. The number of urea groups is 1. The molecule has 3 rings (SSSR count). The number of benzene rings is 1. The van der Waals surface area contributed by atoms with Crippen molar-refractivity contribution < 1.29 is 14.3 Å². The van der Waals surface area contributed by atoms with Crippen LogP contribution >= 0.6 is 12.4 Å². The lowest BCUT2D eigenvalue weighted by Gasteiger charge is -2.27. The normalized spacial score (nSPS) is 21.6. The topological polar surface area (TPSA) is 87.9 Å². The number of rotatable bonds is 3. The first-order valence-corrected chi connectivity index (χ1v) is 6.95. The van der Waals surface area contributed by atoms with Gasteiger partial charge in [0.1, 0.15) is 6.61 Å². The second kappa shape index (κ2) is 6.95. The molecular formula is C14H19ClN4O3. The summed E-state index contributed by atoms with van der Waals surface area (Å²) < 4.78 is 5.11. The predicted octanol–water partition coefficient (Wildman–Crippen LogP) is 0.328. The molecule has 8 heteroatoms. The van der Waals surface area contributed by atoms with Gasteiger partial charge in [0.05, 0.1) is 12.6 Å². The summed E-state index contributed by atoms with van der Waals surface area (Å²) in [5.41, 5.74) is 7.20.